The van der Waals surface area contributed by atoms with Crippen LogP contribution in [0.1, 0.15) is 43.7 Å². The normalized spacial score (nSPS) is 16.3. The number of carbonyl (C=O) groups is 3. The lowest BCUT2D eigenvalue weighted by atomic mass is 9.94. The van der Waals surface area contributed by atoms with E-state index in [0.29, 0.717) is 34.1 Å². The number of esters is 1. The maximum absolute atomic E-state index is 13.3. The fourth-order valence-corrected chi connectivity index (χ4v) is 5.20. The second-order valence-electron chi connectivity index (χ2n) is 9.19. The van der Waals surface area contributed by atoms with Gasteiger partial charge < -0.3 is 14.6 Å². The Morgan fingerprint density at radius 1 is 0.975 bits per heavy atom. The maximum Gasteiger partial charge on any atom is 0.337 e. The number of aromatic nitrogens is 2. The van der Waals surface area contributed by atoms with Crippen molar-refractivity contribution in [3.05, 3.63) is 111 Å². The summed E-state index contributed by atoms with van der Waals surface area (Å²) in [4.78, 5) is 39.7. The second kappa shape index (κ2) is 11.1. The van der Waals surface area contributed by atoms with E-state index in [4.69, 9.17) is 9.47 Å². The fourth-order valence-electron chi connectivity index (χ4n) is 4.48. The van der Waals surface area contributed by atoms with E-state index in [1.165, 1.54) is 24.1 Å². The van der Waals surface area contributed by atoms with Crippen molar-refractivity contribution in [2.75, 3.05) is 12.0 Å². The van der Waals surface area contributed by atoms with Crippen LogP contribution in [-0.4, -0.2) is 40.1 Å². The number of aliphatic hydroxyl groups excluding tert-OH is 1. The highest BCUT2D eigenvalue weighted by Crippen LogP contribution is 2.43. The molecule has 4 aromatic rings. The van der Waals surface area contributed by atoms with Crippen LogP contribution in [-0.2, 0) is 20.9 Å². The standard InChI is InChI=1S/C30H25N3O6S/c1-17-5-4-6-19(15-17)16-39-23-13-11-21(12-14-23)26(34)24-25(20-7-9-22(10-8-20)29(37)38-3)33(28(36)27(24)35)30-32-31-18(2)40-30/h4-15,25,34H,16H2,1-3H3/t25-/m1/s1. The average molecular weight is 556 g/mol. The lowest BCUT2D eigenvalue weighted by Crippen LogP contribution is -2.29. The van der Waals surface area contributed by atoms with Crippen LogP contribution in [0.3, 0.4) is 0 Å². The van der Waals surface area contributed by atoms with Crippen molar-refractivity contribution in [3.8, 4) is 5.75 Å². The van der Waals surface area contributed by atoms with Crippen molar-refractivity contribution in [2.45, 2.75) is 26.5 Å². The largest absolute Gasteiger partial charge is 0.507 e. The summed E-state index contributed by atoms with van der Waals surface area (Å²) >= 11 is 1.15. The number of ether oxygens (including phenoxy) is 2. The molecule has 0 saturated carbocycles. The third-order valence-electron chi connectivity index (χ3n) is 6.43. The number of amides is 1. The Bertz CT molecular complexity index is 1630. The molecule has 5 rings (SSSR count). The molecule has 40 heavy (non-hydrogen) atoms. The third kappa shape index (κ3) is 5.21. The molecule has 10 heteroatoms. The fraction of sp³-hybridized carbons (Fsp3) is 0.167. The van der Waals surface area contributed by atoms with Crippen molar-refractivity contribution >= 4 is 39.9 Å². The molecule has 1 fully saturated rings. The Kier molecular flexibility index (Phi) is 7.43. The van der Waals surface area contributed by atoms with Crippen LogP contribution in [0.4, 0.5) is 5.13 Å². The predicted molar refractivity (Wildman–Crippen MR) is 149 cm³/mol. The number of hydrogen-bond donors (Lipinski definition) is 1. The van der Waals surface area contributed by atoms with Gasteiger partial charge in [-0.25, -0.2) is 4.79 Å². The van der Waals surface area contributed by atoms with Gasteiger partial charge in [-0.1, -0.05) is 53.3 Å². The van der Waals surface area contributed by atoms with Gasteiger partial charge >= 0.3 is 11.9 Å². The number of Topliss-reactive ketones (excluding diaryl/α,β-unsaturated/α-hetero) is 1. The van der Waals surface area contributed by atoms with Gasteiger partial charge in [-0.15, -0.1) is 10.2 Å². The van der Waals surface area contributed by atoms with Gasteiger partial charge in [0.2, 0.25) is 5.13 Å². The molecule has 0 spiro atoms. The molecule has 1 aliphatic heterocycles. The smallest absolute Gasteiger partial charge is 0.337 e. The molecule has 1 aliphatic rings. The first kappa shape index (κ1) is 26.8. The molecule has 1 amide bonds. The molecule has 1 aromatic heterocycles. The molecule has 0 aliphatic carbocycles. The van der Waals surface area contributed by atoms with Gasteiger partial charge in [-0.05, 0) is 61.4 Å². The first-order valence-electron chi connectivity index (χ1n) is 12.3. The number of rotatable bonds is 7. The minimum Gasteiger partial charge on any atom is -0.507 e. The zero-order valence-corrected chi connectivity index (χ0v) is 22.8. The number of ketones is 1. The lowest BCUT2D eigenvalue weighted by Gasteiger charge is -2.22. The molecule has 0 radical (unpaired) electrons. The highest BCUT2D eigenvalue weighted by molar-refractivity contribution is 7.15. The van der Waals surface area contributed by atoms with Crippen LogP contribution in [0.5, 0.6) is 5.75 Å². The number of hydrogen-bond acceptors (Lipinski definition) is 9. The number of aryl methyl sites for hydroxylation is 2. The molecule has 0 unspecified atom stereocenters. The van der Waals surface area contributed by atoms with Gasteiger partial charge in [-0.2, -0.15) is 0 Å². The van der Waals surface area contributed by atoms with Crippen molar-refractivity contribution in [1.29, 1.82) is 0 Å². The summed E-state index contributed by atoms with van der Waals surface area (Å²) in [5.41, 5.74) is 3.20. The van der Waals surface area contributed by atoms with Crippen LogP contribution < -0.4 is 9.64 Å². The first-order valence-corrected chi connectivity index (χ1v) is 13.2. The summed E-state index contributed by atoms with van der Waals surface area (Å²) in [5, 5.41) is 20.2. The number of nitrogens with zero attached hydrogens (tertiary/aromatic N) is 3. The zero-order chi connectivity index (χ0) is 28.4. The lowest BCUT2D eigenvalue weighted by molar-refractivity contribution is -0.132. The van der Waals surface area contributed by atoms with Gasteiger partial charge in [0.25, 0.3) is 5.78 Å². The Balaban J connectivity index is 1.51. The van der Waals surface area contributed by atoms with Crippen molar-refractivity contribution in [1.82, 2.24) is 10.2 Å². The monoisotopic (exact) mass is 555 g/mol. The molecule has 1 saturated heterocycles. The van der Waals surface area contributed by atoms with Crippen LogP contribution >= 0.6 is 11.3 Å². The summed E-state index contributed by atoms with van der Waals surface area (Å²) < 4.78 is 10.6. The number of aliphatic hydroxyl groups is 1. The molecule has 2 heterocycles. The number of methoxy groups -OCH3 is 1. The minimum absolute atomic E-state index is 0.0999. The highest BCUT2D eigenvalue weighted by atomic mass is 32.1. The molecule has 0 bridgehead atoms. The van der Waals surface area contributed by atoms with Crippen molar-refractivity contribution < 1.29 is 29.0 Å². The number of benzene rings is 3. The van der Waals surface area contributed by atoms with E-state index in [9.17, 15) is 19.5 Å². The summed E-state index contributed by atoms with van der Waals surface area (Å²) in [6, 6.07) is 19.9. The third-order valence-corrected chi connectivity index (χ3v) is 7.27. The van der Waals surface area contributed by atoms with E-state index in [1.807, 2.05) is 31.2 Å². The van der Waals surface area contributed by atoms with E-state index in [2.05, 4.69) is 10.2 Å². The Hall–Kier alpha value is -4.83. The molecule has 202 valence electrons. The second-order valence-corrected chi connectivity index (χ2v) is 10.3. The van der Waals surface area contributed by atoms with E-state index in [0.717, 1.165) is 22.5 Å². The maximum atomic E-state index is 13.3. The number of anilines is 1. The molecular formula is C30H25N3O6S. The Morgan fingerprint density at radius 3 is 2.30 bits per heavy atom. The van der Waals surface area contributed by atoms with Gasteiger partial charge in [0.05, 0.1) is 24.3 Å². The summed E-state index contributed by atoms with van der Waals surface area (Å²) in [6.07, 6.45) is 0. The van der Waals surface area contributed by atoms with Gasteiger partial charge in [0, 0.05) is 5.56 Å². The summed E-state index contributed by atoms with van der Waals surface area (Å²) in [6.45, 7) is 4.12. The minimum atomic E-state index is -0.990. The van der Waals surface area contributed by atoms with Crippen molar-refractivity contribution in [2.24, 2.45) is 0 Å². The molecule has 1 N–H and O–H groups in total. The molecule has 1 atom stereocenters. The SMILES string of the molecule is COC(=O)c1ccc([C@@H]2C(=C(O)c3ccc(OCc4cccc(C)c4)cc3)C(=O)C(=O)N2c2nnc(C)s2)cc1. The molecular weight excluding hydrogens is 530 g/mol. The van der Waals surface area contributed by atoms with Crippen LogP contribution in [0.25, 0.3) is 5.76 Å². The first-order chi connectivity index (χ1) is 19.3. The quantitative estimate of drug-likeness (QED) is 0.144. The average Bonchev–Trinajstić information content (AvgIpc) is 3.51. The van der Waals surface area contributed by atoms with E-state index >= 15 is 0 Å². The topological polar surface area (TPSA) is 119 Å². The van der Waals surface area contributed by atoms with Gasteiger partial charge in [0.15, 0.2) is 0 Å². The van der Waals surface area contributed by atoms with E-state index in [-0.39, 0.29) is 16.5 Å². The molecule has 3 aromatic carbocycles. The summed E-state index contributed by atoms with van der Waals surface area (Å²) in [5.74, 6) is -1.97. The number of carbonyl (C=O) groups excluding carboxylic acids is 3. The van der Waals surface area contributed by atoms with Crippen LogP contribution in [0.2, 0.25) is 0 Å². The highest BCUT2D eigenvalue weighted by Gasteiger charge is 2.48. The van der Waals surface area contributed by atoms with Gasteiger partial charge in [-0.3, -0.25) is 14.5 Å². The summed E-state index contributed by atoms with van der Waals surface area (Å²) in [7, 11) is 1.28. The van der Waals surface area contributed by atoms with Gasteiger partial charge in [0.1, 0.15) is 23.1 Å². The van der Waals surface area contributed by atoms with Crippen molar-refractivity contribution in [3.63, 3.8) is 0 Å². The van der Waals surface area contributed by atoms with E-state index in [1.54, 1.807) is 43.3 Å². The Morgan fingerprint density at radius 2 is 1.68 bits per heavy atom. The van der Waals surface area contributed by atoms with Crippen LogP contribution in [0.15, 0.2) is 78.4 Å². The van der Waals surface area contributed by atoms with Crippen LogP contribution in [0, 0.1) is 13.8 Å². The molecule has 9 nitrogen and oxygen atoms in total. The zero-order valence-electron chi connectivity index (χ0n) is 22.0. The van der Waals surface area contributed by atoms with E-state index < -0.39 is 23.7 Å². The Labute approximate surface area is 234 Å². The predicted octanol–water partition coefficient (Wildman–Crippen LogP) is 5.15.